The number of rotatable bonds is 3. The van der Waals surface area contributed by atoms with Crippen molar-refractivity contribution in [3.8, 4) is 0 Å². The molecule has 0 bridgehead atoms. The van der Waals surface area contributed by atoms with E-state index in [1.165, 1.54) is 0 Å². The van der Waals surface area contributed by atoms with Gasteiger partial charge in [-0.05, 0) is 65.4 Å². The molecule has 2 aromatic rings. The Bertz CT molecular complexity index is 755. The smallest absolute Gasteiger partial charge is 0.420 e. The fraction of sp³-hybridized carbons (Fsp3) is 0.429. The zero-order valence-electron chi connectivity index (χ0n) is 16.0. The van der Waals surface area contributed by atoms with Gasteiger partial charge >= 0.3 is 6.09 Å². The molecule has 1 fully saturated rings. The Morgan fingerprint density at radius 2 is 1.92 bits per heavy atom. The maximum atomic E-state index is 13.1. The van der Waals surface area contributed by atoms with Crippen LogP contribution in [0.25, 0.3) is 0 Å². The highest BCUT2D eigenvalue weighted by molar-refractivity contribution is 5.96. The van der Waals surface area contributed by atoms with Crippen LogP contribution in [0, 0.1) is 0 Å². The highest BCUT2D eigenvalue weighted by atomic mass is 16.6. The van der Waals surface area contributed by atoms with Gasteiger partial charge in [0.1, 0.15) is 11.4 Å². The lowest BCUT2D eigenvalue weighted by Crippen LogP contribution is -2.35. The van der Waals surface area contributed by atoms with Crippen LogP contribution in [0.4, 0.5) is 16.3 Å². The van der Waals surface area contributed by atoms with E-state index < -0.39 is 11.7 Å². The van der Waals surface area contributed by atoms with Crippen LogP contribution in [-0.4, -0.2) is 35.2 Å². The second kappa shape index (κ2) is 7.46. The molecule has 0 radical (unpaired) electrons. The fourth-order valence-corrected chi connectivity index (χ4v) is 3.36. The van der Waals surface area contributed by atoms with Crippen LogP contribution in [0.2, 0.25) is 0 Å². The van der Waals surface area contributed by atoms with Gasteiger partial charge in [-0.25, -0.2) is 14.7 Å². The molecular formula is C21H27N3O2. The van der Waals surface area contributed by atoms with Crippen molar-refractivity contribution in [3.05, 3.63) is 54.2 Å². The van der Waals surface area contributed by atoms with E-state index in [0.29, 0.717) is 5.82 Å². The molecule has 138 valence electrons. The molecule has 1 aliphatic heterocycles. The summed E-state index contributed by atoms with van der Waals surface area (Å²) in [7, 11) is 2.12. The number of likely N-dealkylation sites (tertiary alicyclic amines) is 1. The first-order chi connectivity index (χ1) is 12.4. The number of aromatic nitrogens is 1. The van der Waals surface area contributed by atoms with E-state index in [-0.39, 0.29) is 6.04 Å². The number of nitrogens with zero attached hydrogens (tertiary/aromatic N) is 3. The first-order valence-corrected chi connectivity index (χ1v) is 9.10. The summed E-state index contributed by atoms with van der Waals surface area (Å²) in [5.41, 5.74) is 1.23. The van der Waals surface area contributed by atoms with Crippen molar-refractivity contribution in [3.63, 3.8) is 0 Å². The van der Waals surface area contributed by atoms with Crippen molar-refractivity contribution in [1.29, 1.82) is 0 Å². The summed E-state index contributed by atoms with van der Waals surface area (Å²) in [5.74, 6) is 0.645. The Morgan fingerprint density at radius 3 is 2.54 bits per heavy atom. The summed E-state index contributed by atoms with van der Waals surface area (Å²) in [6.45, 7) is 6.67. The molecule has 0 N–H and O–H groups in total. The number of pyridine rings is 1. The summed E-state index contributed by atoms with van der Waals surface area (Å²) in [5, 5.41) is 0. The molecule has 1 aromatic carbocycles. The van der Waals surface area contributed by atoms with E-state index in [9.17, 15) is 4.79 Å². The van der Waals surface area contributed by atoms with Crippen LogP contribution in [0.3, 0.4) is 0 Å². The Morgan fingerprint density at radius 1 is 1.19 bits per heavy atom. The number of hydrogen-bond acceptors (Lipinski definition) is 4. The predicted molar refractivity (Wildman–Crippen MR) is 104 cm³/mol. The molecule has 1 amide bonds. The summed E-state index contributed by atoms with van der Waals surface area (Å²) >= 11 is 0. The van der Waals surface area contributed by atoms with Gasteiger partial charge in [0.25, 0.3) is 0 Å². The van der Waals surface area contributed by atoms with Crippen LogP contribution >= 0.6 is 0 Å². The maximum Gasteiger partial charge on any atom is 0.420 e. The van der Waals surface area contributed by atoms with E-state index in [2.05, 4.69) is 23.0 Å². The molecule has 5 heteroatoms. The van der Waals surface area contributed by atoms with Gasteiger partial charge in [-0.3, -0.25) is 4.90 Å². The normalized spacial score (nSPS) is 17.9. The van der Waals surface area contributed by atoms with Gasteiger partial charge in [-0.15, -0.1) is 0 Å². The first-order valence-electron chi connectivity index (χ1n) is 9.10. The molecule has 0 aliphatic carbocycles. The van der Waals surface area contributed by atoms with Crippen LogP contribution in [0.1, 0.15) is 45.2 Å². The first kappa shape index (κ1) is 18.4. The monoisotopic (exact) mass is 353 g/mol. The molecule has 0 saturated carbocycles. The Balaban J connectivity index is 2.07. The highest BCUT2D eigenvalue weighted by Crippen LogP contribution is 2.38. The van der Waals surface area contributed by atoms with Crippen LogP contribution in [0.5, 0.6) is 0 Å². The third-order valence-corrected chi connectivity index (χ3v) is 4.50. The van der Waals surface area contributed by atoms with Crippen molar-refractivity contribution in [2.45, 2.75) is 45.3 Å². The zero-order valence-corrected chi connectivity index (χ0v) is 16.0. The zero-order chi connectivity index (χ0) is 18.7. The number of carbonyl (C=O) groups is 1. The number of anilines is 2. The molecule has 2 heterocycles. The SMILES string of the molecule is CN1CCC[C@H]1c1cccnc1N(C(=O)OC(C)(C)C)c1ccccc1. The summed E-state index contributed by atoms with van der Waals surface area (Å²) in [6.07, 6.45) is 3.53. The van der Waals surface area contributed by atoms with Crippen LogP contribution in [0.15, 0.2) is 48.7 Å². The van der Waals surface area contributed by atoms with E-state index >= 15 is 0 Å². The lowest BCUT2D eigenvalue weighted by atomic mass is 10.0. The molecule has 0 spiro atoms. The Kier molecular flexibility index (Phi) is 5.28. The minimum absolute atomic E-state index is 0.257. The Labute approximate surface area is 155 Å². The van der Waals surface area contributed by atoms with Crippen LogP contribution < -0.4 is 4.90 Å². The largest absolute Gasteiger partial charge is 0.443 e. The quantitative estimate of drug-likeness (QED) is 0.785. The van der Waals surface area contributed by atoms with E-state index in [0.717, 1.165) is 30.6 Å². The molecule has 1 aliphatic rings. The highest BCUT2D eigenvalue weighted by Gasteiger charge is 2.32. The minimum atomic E-state index is -0.580. The number of ether oxygens (including phenoxy) is 1. The van der Waals surface area contributed by atoms with Gasteiger partial charge in [0.2, 0.25) is 0 Å². The fourth-order valence-electron chi connectivity index (χ4n) is 3.36. The molecule has 1 saturated heterocycles. The number of amides is 1. The third-order valence-electron chi connectivity index (χ3n) is 4.50. The summed E-state index contributed by atoms with van der Waals surface area (Å²) in [4.78, 5) is 21.6. The third kappa shape index (κ3) is 4.05. The van der Waals surface area contributed by atoms with Gasteiger partial charge in [0.15, 0.2) is 0 Å². The molecule has 5 nitrogen and oxygen atoms in total. The lowest BCUT2D eigenvalue weighted by Gasteiger charge is -2.30. The number of benzene rings is 1. The number of para-hydroxylation sites is 1. The van der Waals surface area contributed by atoms with Crippen molar-refractivity contribution < 1.29 is 9.53 Å². The number of carbonyl (C=O) groups excluding carboxylic acids is 1. The molecule has 26 heavy (non-hydrogen) atoms. The Hall–Kier alpha value is -2.40. The second-order valence-corrected chi connectivity index (χ2v) is 7.71. The van der Waals surface area contributed by atoms with Crippen LogP contribution in [-0.2, 0) is 4.74 Å². The minimum Gasteiger partial charge on any atom is -0.443 e. The average Bonchev–Trinajstić information content (AvgIpc) is 3.01. The van der Waals surface area contributed by atoms with Gasteiger partial charge < -0.3 is 4.74 Å². The van der Waals surface area contributed by atoms with Crippen molar-refractivity contribution in [2.75, 3.05) is 18.5 Å². The van der Waals surface area contributed by atoms with Crippen molar-refractivity contribution >= 4 is 17.6 Å². The number of hydrogen-bond donors (Lipinski definition) is 0. The molecule has 3 rings (SSSR count). The van der Waals surface area contributed by atoms with E-state index in [4.69, 9.17) is 4.74 Å². The van der Waals surface area contributed by atoms with E-state index in [1.807, 2.05) is 57.2 Å². The summed E-state index contributed by atoms with van der Waals surface area (Å²) < 4.78 is 5.69. The van der Waals surface area contributed by atoms with E-state index in [1.54, 1.807) is 11.1 Å². The van der Waals surface area contributed by atoms with Gasteiger partial charge in [0.05, 0.1) is 5.69 Å². The average molecular weight is 353 g/mol. The summed E-state index contributed by atoms with van der Waals surface area (Å²) in [6, 6.07) is 13.8. The molecular weight excluding hydrogens is 326 g/mol. The lowest BCUT2D eigenvalue weighted by molar-refractivity contribution is 0.0597. The van der Waals surface area contributed by atoms with Gasteiger partial charge in [-0.1, -0.05) is 24.3 Å². The van der Waals surface area contributed by atoms with Crippen molar-refractivity contribution in [1.82, 2.24) is 9.88 Å². The molecule has 1 atom stereocenters. The maximum absolute atomic E-state index is 13.1. The topological polar surface area (TPSA) is 45.7 Å². The second-order valence-electron chi connectivity index (χ2n) is 7.71. The molecule has 1 aromatic heterocycles. The predicted octanol–water partition coefficient (Wildman–Crippen LogP) is 4.92. The van der Waals surface area contributed by atoms with Gasteiger partial charge in [0, 0.05) is 17.8 Å². The standard InChI is InChI=1S/C21H27N3O2/c1-21(2,3)26-20(25)24(16-10-6-5-7-11-16)19-17(12-8-14-22-19)18-13-9-15-23(18)4/h5-8,10-12,14,18H,9,13,15H2,1-4H3/t18-/m0/s1. The van der Waals surface area contributed by atoms with Gasteiger partial charge in [-0.2, -0.15) is 0 Å². The molecule has 0 unspecified atom stereocenters. The van der Waals surface area contributed by atoms with Crippen molar-refractivity contribution in [2.24, 2.45) is 0 Å².